The van der Waals surface area contributed by atoms with Crippen LogP contribution in [0.4, 0.5) is 0 Å². The average molecular weight is 184 g/mol. The summed E-state index contributed by atoms with van der Waals surface area (Å²) < 4.78 is 0. The van der Waals surface area contributed by atoms with Gasteiger partial charge in [-0.2, -0.15) is 0 Å². The van der Waals surface area contributed by atoms with Gasteiger partial charge in [0.1, 0.15) is 0 Å². The summed E-state index contributed by atoms with van der Waals surface area (Å²) in [6.07, 6.45) is 12.2. The number of hydrogen-bond acceptors (Lipinski definition) is 1. The highest BCUT2D eigenvalue weighted by molar-refractivity contribution is 8.02. The van der Waals surface area contributed by atoms with Crippen molar-refractivity contribution in [3.63, 3.8) is 0 Å². The molecule has 1 aliphatic heterocycles. The van der Waals surface area contributed by atoms with Gasteiger partial charge in [0.05, 0.1) is 0 Å². The van der Waals surface area contributed by atoms with Crippen LogP contribution in [-0.4, -0.2) is 5.25 Å². The van der Waals surface area contributed by atoms with Gasteiger partial charge in [0.2, 0.25) is 0 Å². The number of allylic oxidation sites excluding steroid dienone is 1. The summed E-state index contributed by atoms with van der Waals surface area (Å²) in [6, 6.07) is 0. The van der Waals surface area contributed by atoms with Gasteiger partial charge in [-0.1, -0.05) is 45.1 Å². The summed E-state index contributed by atoms with van der Waals surface area (Å²) in [4.78, 5) is 0. The molecular weight excluding hydrogens is 164 g/mol. The van der Waals surface area contributed by atoms with Gasteiger partial charge in [-0.15, -0.1) is 11.8 Å². The van der Waals surface area contributed by atoms with E-state index in [1.165, 1.54) is 44.9 Å². The first-order valence-corrected chi connectivity index (χ1v) is 6.18. The first-order chi connectivity index (χ1) is 5.93. The zero-order valence-corrected chi connectivity index (χ0v) is 8.91. The Bertz CT molecular complexity index is 121. The van der Waals surface area contributed by atoms with Crippen molar-refractivity contribution in [3.8, 4) is 0 Å². The molecule has 0 saturated heterocycles. The third kappa shape index (κ3) is 4.20. The van der Waals surface area contributed by atoms with Crippen molar-refractivity contribution in [2.24, 2.45) is 0 Å². The summed E-state index contributed by atoms with van der Waals surface area (Å²) >= 11 is 2.03. The molecule has 0 nitrogen and oxygen atoms in total. The molecule has 1 aliphatic rings. The van der Waals surface area contributed by atoms with Crippen molar-refractivity contribution in [1.29, 1.82) is 0 Å². The third-order valence-electron chi connectivity index (χ3n) is 2.40. The highest BCUT2D eigenvalue weighted by atomic mass is 32.2. The zero-order valence-electron chi connectivity index (χ0n) is 8.09. The number of rotatable bonds is 6. The van der Waals surface area contributed by atoms with Crippen molar-refractivity contribution < 1.29 is 0 Å². The minimum Gasteiger partial charge on any atom is -0.131 e. The van der Waals surface area contributed by atoms with Gasteiger partial charge in [0.25, 0.3) is 0 Å². The Morgan fingerprint density at radius 2 is 2.08 bits per heavy atom. The third-order valence-corrected chi connectivity index (χ3v) is 3.56. The van der Waals surface area contributed by atoms with Gasteiger partial charge in [-0.25, -0.2) is 0 Å². The molecule has 0 fully saturated rings. The van der Waals surface area contributed by atoms with Gasteiger partial charge >= 0.3 is 0 Å². The molecule has 0 aromatic carbocycles. The summed E-state index contributed by atoms with van der Waals surface area (Å²) in [5.74, 6) is 0. The summed E-state index contributed by atoms with van der Waals surface area (Å²) in [5.41, 5.74) is 0. The normalized spacial score (nSPS) is 21.9. The molecule has 0 saturated carbocycles. The van der Waals surface area contributed by atoms with Crippen LogP contribution in [0.3, 0.4) is 0 Å². The molecule has 1 heterocycles. The van der Waals surface area contributed by atoms with E-state index >= 15 is 0 Å². The van der Waals surface area contributed by atoms with E-state index in [0.717, 1.165) is 5.25 Å². The highest BCUT2D eigenvalue weighted by Crippen LogP contribution is 2.28. The van der Waals surface area contributed by atoms with E-state index in [2.05, 4.69) is 18.4 Å². The van der Waals surface area contributed by atoms with E-state index < -0.39 is 0 Å². The maximum atomic E-state index is 2.31. The van der Waals surface area contributed by atoms with Crippen LogP contribution in [-0.2, 0) is 0 Å². The van der Waals surface area contributed by atoms with Gasteiger partial charge in [-0.05, 0) is 18.2 Å². The lowest BCUT2D eigenvalue weighted by molar-refractivity contribution is 0.600. The maximum Gasteiger partial charge on any atom is 0.0123 e. The highest BCUT2D eigenvalue weighted by Gasteiger charge is 2.09. The molecule has 0 N–H and O–H groups in total. The molecule has 70 valence electrons. The minimum absolute atomic E-state index is 0.923. The topological polar surface area (TPSA) is 0 Å². The van der Waals surface area contributed by atoms with Crippen LogP contribution in [0.15, 0.2) is 11.5 Å². The SMILES string of the molecule is CCCCCCCC1CC=CS1. The van der Waals surface area contributed by atoms with Crippen molar-refractivity contribution >= 4 is 11.8 Å². The van der Waals surface area contributed by atoms with Crippen LogP contribution in [0.2, 0.25) is 0 Å². The van der Waals surface area contributed by atoms with Crippen LogP contribution in [0.5, 0.6) is 0 Å². The van der Waals surface area contributed by atoms with Crippen LogP contribution < -0.4 is 0 Å². The van der Waals surface area contributed by atoms with Crippen LogP contribution in [0.1, 0.15) is 51.9 Å². The number of thioether (sulfide) groups is 1. The lowest BCUT2D eigenvalue weighted by Crippen LogP contribution is -1.95. The van der Waals surface area contributed by atoms with E-state index in [1.807, 2.05) is 11.8 Å². The molecule has 0 spiro atoms. The molecule has 0 aromatic heterocycles. The quantitative estimate of drug-likeness (QED) is 0.552. The second-order valence-electron chi connectivity index (χ2n) is 3.57. The largest absolute Gasteiger partial charge is 0.131 e. The molecule has 1 rings (SSSR count). The fraction of sp³-hybridized carbons (Fsp3) is 0.818. The Labute approximate surface area is 80.8 Å². The molecule has 12 heavy (non-hydrogen) atoms. The first-order valence-electron chi connectivity index (χ1n) is 5.24. The Kier molecular flexibility index (Phi) is 5.59. The molecule has 0 bridgehead atoms. The van der Waals surface area contributed by atoms with Gasteiger partial charge in [0.15, 0.2) is 0 Å². The summed E-state index contributed by atoms with van der Waals surface area (Å²) in [6.45, 7) is 2.27. The predicted molar refractivity (Wildman–Crippen MR) is 58.5 cm³/mol. The fourth-order valence-corrected chi connectivity index (χ4v) is 2.56. The maximum absolute atomic E-state index is 2.31. The van der Waals surface area contributed by atoms with Gasteiger partial charge < -0.3 is 0 Å². The van der Waals surface area contributed by atoms with Crippen molar-refractivity contribution in [3.05, 3.63) is 11.5 Å². The van der Waals surface area contributed by atoms with Crippen molar-refractivity contribution in [1.82, 2.24) is 0 Å². The van der Waals surface area contributed by atoms with E-state index in [4.69, 9.17) is 0 Å². The lowest BCUT2D eigenvalue weighted by Gasteiger charge is -2.06. The number of hydrogen-bond donors (Lipinski definition) is 0. The van der Waals surface area contributed by atoms with Gasteiger partial charge in [0, 0.05) is 5.25 Å². The molecular formula is C11H20S. The second-order valence-corrected chi connectivity index (χ2v) is 4.78. The first kappa shape index (κ1) is 10.2. The lowest BCUT2D eigenvalue weighted by atomic mass is 10.1. The average Bonchev–Trinajstić information content (AvgIpc) is 2.57. The standard InChI is InChI=1S/C11H20S/c1-2-3-4-5-6-8-11-9-7-10-12-11/h7,10-11H,2-6,8-9H2,1H3. The molecule has 1 atom stereocenters. The van der Waals surface area contributed by atoms with E-state index in [9.17, 15) is 0 Å². The second kappa shape index (κ2) is 6.59. The Morgan fingerprint density at radius 3 is 2.75 bits per heavy atom. The van der Waals surface area contributed by atoms with E-state index in [0.29, 0.717) is 0 Å². The summed E-state index contributed by atoms with van der Waals surface area (Å²) in [5, 5.41) is 3.18. The molecule has 0 amide bonds. The molecule has 1 heteroatoms. The Morgan fingerprint density at radius 1 is 1.25 bits per heavy atom. The Balaban J connectivity index is 1.82. The summed E-state index contributed by atoms with van der Waals surface area (Å²) in [7, 11) is 0. The molecule has 1 unspecified atom stereocenters. The minimum atomic E-state index is 0.923. The van der Waals surface area contributed by atoms with Gasteiger partial charge in [-0.3, -0.25) is 0 Å². The van der Waals surface area contributed by atoms with E-state index in [-0.39, 0.29) is 0 Å². The molecule has 0 aliphatic carbocycles. The van der Waals surface area contributed by atoms with Crippen molar-refractivity contribution in [2.45, 2.75) is 57.1 Å². The van der Waals surface area contributed by atoms with Crippen LogP contribution in [0, 0.1) is 0 Å². The zero-order chi connectivity index (χ0) is 8.65. The molecule has 0 aromatic rings. The monoisotopic (exact) mass is 184 g/mol. The Hall–Kier alpha value is 0.0900. The van der Waals surface area contributed by atoms with Crippen LogP contribution in [0.25, 0.3) is 0 Å². The fourth-order valence-electron chi connectivity index (χ4n) is 1.59. The predicted octanol–water partition coefficient (Wildman–Crippen LogP) is 4.37. The number of unbranched alkanes of at least 4 members (excludes halogenated alkanes) is 4. The van der Waals surface area contributed by atoms with E-state index in [1.54, 1.807) is 0 Å². The molecule has 0 radical (unpaired) electrons. The smallest absolute Gasteiger partial charge is 0.0123 e. The van der Waals surface area contributed by atoms with Crippen LogP contribution >= 0.6 is 11.8 Å². The van der Waals surface area contributed by atoms with Crippen molar-refractivity contribution in [2.75, 3.05) is 0 Å².